The minimum atomic E-state index is 0. The summed E-state index contributed by atoms with van der Waals surface area (Å²) in [6, 6.07) is 8.30. The third kappa shape index (κ3) is 4.66. The summed E-state index contributed by atoms with van der Waals surface area (Å²) >= 11 is 0. The molecule has 0 saturated carbocycles. The molecule has 0 aliphatic carbocycles. The van der Waals surface area contributed by atoms with Crippen LogP contribution in [0.15, 0.2) is 73.4 Å². The summed E-state index contributed by atoms with van der Waals surface area (Å²) in [4.78, 5) is 0. The average Bonchev–Trinajstić information content (AvgIpc) is 2.79. The van der Waals surface area contributed by atoms with Crippen molar-refractivity contribution < 1.29 is 28.0 Å². The molecule has 0 atom stereocenters. The minimum Gasteiger partial charge on any atom is -0.665 e. The van der Waals surface area contributed by atoms with Crippen molar-refractivity contribution in [1.29, 1.82) is 0 Å². The summed E-state index contributed by atoms with van der Waals surface area (Å²) in [5.41, 5.74) is 3.91. The first-order valence-electron chi connectivity index (χ1n) is 9.07. The zero-order valence-electron chi connectivity index (χ0n) is 16.4. The van der Waals surface area contributed by atoms with Crippen molar-refractivity contribution in [3.05, 3.63) is 116 Å². The van der Waals surface area contributed by atoms with Gasteiger partial charge in [-0.05, 0) is 20.9 Å². The first-order valence-corrected chi connectivity index (χ1v) is 9.07. The second-order valence-electron chi connectivity index (χ2n) is 6.43. The van der Waals surface area contributed by atoms with Gasteiger partial charge in [-0.25, -0.2) is 0 Å². The standard InChI is InChI=1S/2C12H8N2.Mn.2H2O/c2*1-3-9-5-6-10-4-2-8-14-12(10)11(9)13-7-1;;;/h2*1-8H;;2*1H2/q2*-2;+2;;. The Balaban J connectivity index is 0.000000201. The Bertz CT molecular complexity index is 1120. The number of hydrogen-bond acceptors (Lipinski definition) is 0. The molecule has 4 heterocycles. The van der Waals surface area contributed by atoms with Gasteiger partial charge >= 0.3 is 17.1 Å². The van der Waals surface area contributed by atoms with E-state index in [1.165, 1.54) is 0 Å². The van der Waals surface area contributed by atoms with Crippen LogP contribution in [-0.2, 0) is 17.1 Å². The van der Waals surface area contributed by atoms with Crippen molar-refractivity contribution in [3.8, 4) is 0 Å². The molecule has 1 radical (unpaired) electrons. The number of hydrogen-bond donors (Lipinski definition) is 0. The second-order valence-corrected chi connectivity index (χ2v) is 6.43. The number of benzene rings is 2. The van der Waals surface area contributed by atoms with Gasteiger partial charge in [0.25, 0.3) is 0 Å². The third-order valence-corrected chi connectivity index (χ3v) is 4.69. The van der Waals surface area contributed by atoms with Gasteiger partial charge < -0.3 is 32.2 Å². The molecule has 0 aromatic heterocycles. The molecule has 0 amide bonds. The summed E-state index contributed by atoms with van der Waals surface area (Å²) in [5, 5.41) is 21.9. The smallest absolute Gasteiger partial charge is 0.665 e. The van der Waals surface area contributed by atoms with Gasteiger partial charge in [-0.1, -0.05) is 72.9 Å². The Kier molecular flexibility index (Phi) is 8.07. The van der Waals surface area contributed by atoms with Gasteiger partial charge in [0.2, 0.25) is 0 Å². The average molecular weight is 451 g/mol. The molecule has 6 rings (SSSR count). The van der Waals surface area contributed by atoms with E-state index in [-0.39, 0.29) is 28.0 Å². The van der Waals surface area contributed by atoms with Gasteiger partial charge in [0.05, 0.1) is 0 Å². The molecular formula is C24H20MnN4O2-2. The van der Waals surface area contributed by atoms with E-state index in [4.69, 9.17) is 0 Å². The molecule has 0 bridgehead atoms. The summed E-state index contributed by atoms with van der Waals surface area (Å²) in [6.07, 6.45) is 23.2. The van der Waals surface area contributed by atoms with Crippen LogP contribution in [0.4, 0.5) is 22.7 Å². The first kappa shape index (κ1) is 23.8. The zero-order chi connectivity index (χ0) is 18.8. The molecule has 7 heteroatoms. The topological polar surface area (TPSA) is 119 Å². The molecule has 31 heavy (non-hydrogen) atoms. The van der Waals surface area contributed by atoms with E-state index in [0.29, 0.717) is 0 Å². The van der Waals surface area contributed by atoms with Gasteiger partial charge in [-0.3, -0.25) is 0 Å². The van der Waals surface area contributed by atoms with Crippen molar-refractivity contribution in [2.24, 2.45) is 0 Å². The van der Waals surface area contributed by atoms with Crippen LogP contribution in [0, 0.1) is 0 Å². The molecule has 0 spiro atoms. The monoisotopic (exact) mass is 451 g/mol. The van der Waals surface area contributed by atoms with E-state index in [0.717, 1.165) is 43.6 Å². The van der Waals surface area contributed by atoms with E-state index in [2.05, 4.69) is 69.8 Å². The maximum absolute atomic E-state index is 4.35. The van der Waals surface area contributed by atoms with Crippen molar-refractivity contribution >= 4 is 47.1 Å². The largest absolute Gasteiger partial charge is 2.00 e. The van der Waals surface area contributed by atoms with Gasteiger partial charge in [0, 0.05) is 0 Å². The summed E-state index contributed by atoms with van der Waals surface area (Å²) in [6.45, 7) is 0. The van der Waals surface area contributed by atoms with Crippen LogP contribution in [0.1, 0.15) is 0 Å². The normalized spacial score (nSPS) is 13.9. The zero-order valence-corrected chi connectivity index (χ0v) is 17.6. The Hall–Kier alpha value is -3.48. The van der Waals surface area contributed by atoms with Crippen LogP contribution in [0.25, 0.3) is 45.6 Å². The van der Waals surface area contributed by atoms with Crippen LogP contribution in [-0.4, -0.2) is 11.0 Å². The maximum Gasteiger partial charge on any atom is 2.00 e. The van der Waals surface area contributed by atoms with E-state index in [1.54, 1.807) is 24.8 Å². The molecule has 4 N–H and O–H groups in total. The number of rotatable bonds is 0. The van der Waals surface area contributed by atoms with Crippen molar-refractivity contribution in [2.45, 2.75) is 0 Å². The molecule has 157 valence electrons. The number of allylic oxidation sites excluding steroid dienone is 4. The maximum atomic E-state index is 4.35. The third-order valence-electron chi connectivity index (χ3n) is 4.69. The molecule has 0 unspecified atom stereocenters. The fraction of sp³-hybridized carbons (Fsp3) is 0. The van der Waals surface area contributed by atoms with Crippen LogP contribution in [0.2, 0.25) is 0 Å². The summed E-state index contributed by atoms with van der Waals surface area (Å²) in [7, 11) is 0. The van der Waals surface area contributed by atoms with Crippen molar-refractivity contribution in [3.63, 3.8) is 0 Å². The molecule has 4 aliphatic rings. The molecule has 2 aromatic carbocycles. The summed E-state index contributed by atoms with van der Waals surface area (Å²) in [5.74, 6) is 0. The molecular weight excluding hydrogens is 431 g/mol. The SMILES string of the molecule is C1=C[N-]c2c3c(ccc2=C1)=CC=C[N-]3.C1=C[N-]c2c3c(ccc2=C1)=CC=C[N-]3.O.O.[Mn+2]. The molecule has 4 aliphatic heterocycles. The summed E-state index contributed by atoms with van der Waals surface area (Å²) < 4.78 is 0. The predicted molar refractivity (Wildman–Crippen MR) is 125 cm³/mol. The molecule has 0 saturated heterocycles. The van der Waals surface area contributed by atoms with Gasteiger partial charge in [0.1, 0.15) is 0 Å². The molecule has 2 aromatic rings. The molecule has 0 fully saturated rings. The van der Waals surface area contributed by atoms with E-state index in [9.17, 15) is 0 Å². The number of fused-ring (bicyclic) bond motifs is 6. The van der Waals surface area contributed by atoms with Crippen molar-refractivity contribution in [2.75, 3.05) is 0 Å². The Morgan fingerprint density at radius 2 is 0.613 bits per heavy atom. The van der Waals surface area contributed by atoms with E-state index < -0.39 is 0 Å². The Morgan fingerprint density at radius 3 is 0.839 bits per heavy atom. The fourth-order valence-corrected chi connectivity index (χ4v) is 3.36. The molecule has 6 nitrogen and oxygen atoms in total. The quantitative estimate of drug-likeness (QED) is 0.548. The Morgan fingerprint density at radius 1 is 0.387 bits per heavy atom. The van der Waals surface area contributed by atoms with Gasteiger partial charge in [-0.15, -0.1) is 22.7 Å². The number of nitrogens with zero attached hydrogens (tertiary/aromatic N) is 4. The van der Waals surface area contributed by atoms with Crippen LogP contribution >= 0.6 is 0 Å². The predicted octanol–water partition coefficient (Wildman–Crippen LogP) is 2.97. The minimum absolute atomic E-state index is 0. The Labute approximate surface area is 190 Å². The second kappa shape index (κ2) is 10.5. The van der Waals surface area contributed by atoms with Crippen molar-refractivity contribution in [1.82, 2.24) is 0 Å². The first-order chi connectivity index (χ1) is 13.9. The fourth-order valence-electron chi connectivity index (χ4n) is 3.36. The van der Waals surface area contributed by atoms with Crippen LogP contribution in [0.5, 0.6) is 0 Å². The van der Waals surface area contributed by atoms with Gasteiger partial charge in [-0.2, -0.15) is 24.8 Å². The van der Waals surface area contributed by atoms with Crippen LogP contribution in [0.3, 0.4) is 0 Å². The van der Waals surface area contributed by atoms with E-state index >= 15 is 0 Å². The van der Waals surface area contributed by atoms with Gasteiger partial charge in [0.15, 0.2) is 0 Å². The van der Waals surface area contributed by atoms with E-state index in [1.807, 2.05) is 24.3 Å². The van der Waals surface area contributed by atoms with Crippen LogP contribution < -0.4 is 20.9 Å².